The second kappa shape index (κ2) is 6.90. The number of unbranched alkanes of at least 4 members (excludes halogenated alkanes) is 2. The predicted molar refractivity (Wildman–Crippen MR) is 77.6 cm³/mol. The van der Waals surface area contributed by atoms with E-state index < -0.39 is 0 Å². The fraction of sp³-hybridized carbons (Fsp3) is 0.533. The number of hydrogen-bond donors (Lipinski definition) is 1. The van der Waals surface area contributed by atoms with Gasteiger partial charge in [0.2, 0.25) is 0 Å². The highest BCUT2D eigenvalue weighted by Gasteiger charge is 2.14. The maximum Gasteiger partial charge on any atom is 0.101 e. The van der Waals surface area contributed by atoms with Crippen molar-refractivity contribution in [3.8, 4) is 6.07 Å². The Hall–Kier alpha value is -1.69. The largest absolute Gasteiger partial charge is 0.396 e. The standard InChI is InChI=1S/C15H23N3/c1-4-5-6-10-18(12(2)3)14-9-7-8-13(11-16)15(14)17/h7-9,12H,4-6,10,17H2,1-3H3. The SMILES string of the molecule is CCCCCN(c1cccc(C#N)c1N)C(C)C. The van der Waals surface area contributed by atoms with Gasteiger partial charge in [0, 0.05) is 12.6 Å². The summed E-state index contributed by atoms with van der Waals surface area (Å²) in [5, 5.41) is 9.03. The van der Waals surface area contributed by atoms with Crippen LogP contribution in [0.15, 0.2) is 18.2 Å². The summed E-state index contributed by atoms with van der Waals surface area (Å²) in [6.45, 7) is 7.50. The van der Waals surface area contributed by atoms with Crippen molar-refractivity contribution in [2.24, 2.45) is 0 Å². The molecule has 18 heavy (non-hydrogen) atoms. The summed E-state index contributed by atoms with van der Waals surface area (Å²) in [4.78, 5) is 2.28. The number of nitriles is 1. The van der Waals surface area contributed by atoms with E-state index in [4.69, 9.17) is 11.0 Å². The van der Waals surface area contributed by atoms with E-state index >= 15 is 0 Å². The first-order chi connectivity index (χ1) is 8.61. The van der Waals surface area contributed by atoms with E-state index in [0.29, 0.717) is 17.3 Å². The van der Waals surface area contributed by atoms with Gasteiger partial charge in [0.15, 0.2) is 0 Å². The molecule has 98 valence electrons. The summed E-state index contributed by atoms with van der Waals surface area (Å²) in [5.74, 6) is 0. The number of nitrogen functional groups attached to an aromatic ring is 1. The Kier molecular flexibility index (Phi) is 5.51. The van der Waals surface area contributed by atoms with Crippen LogP contribution in [0.2, 0.25) is 0 Å². The van der Waals surface area contributed by atoms with Crippen molar-refractivity contribution in [3.05, 3.63) is 23.8 Å². The fourth-order valence-electron chi connectivity index (χ4n) is 2.09. The third-order valence-electron chi connectivity index (χ3n) is 3.14. The van der Waals surface area contributed by atoms with Crippen molar-refractivity contribution in [2.75, 3.05) is 17.2 Å². The predicted octanol–water partition coefficient (Wildman–Crippen LogP) is 3.55. The van der Waals surface area contributed by atoms with Crippen LogP contribution < -0.4 is 10.6 Å². The molecule has 0 atom stereocenters. The maximum absolute atomic E-state index is 9.03. The van der Waals surface area contributed by atoms with Crippen molar-refractivity contribution in [1.82, 2.24) is 0 Å². The number of nitrogens with two attached hydrogens (primary N) is 1. The number of hydrogen-bond acceptors (Lipinski definition) is 3. The normalized spacial score (nSPS) is 10.4. The molecule has 3 nitrogen and oxygen atoms in total. The fourth-order valence-corrected chi connectivity index (χ4v) is 2.09. The zero-order valence-corrected chi connectivity index (χ0v) is 11.6. The molecule has 0 bridgehead atoms. The van der Waals surface area contributed by atoms with Gasteiger partial charge in [0.1, 0.15) is 6.07 Å². The lowest BCUT2D eigenvalue weighted by Crippen LogP contribution is -2.32. The molecule has 1 aromatic carbocycles. The summed E-state index contributed by atoms with van der Waals surface area (Å²) < 4.78 is 0. The monoisotopic (exact) mass is 245 g/mol. The Labute approximate surface area is 110 Å². The zero-order chi connectivity index (χ0) is 13.5. The quantitative estimate of drug-likeness (QED) is 0.616. The minimum atomic E-state index is 0.387. The molecule has 0 saturated carbocycles. The summed E-state index contributed by atoms with van der Waals surface area (Å²) in [7, 11) is 0. The Morgan fingerprint density at radius 2 is 2.06 bits per heavy atom. The molecule has 1 aromatic rings. The van der Waals surface area contributed by atoms with Gasteiger partial charge in [-0.25, -0.2) is 0 Å². The van der Waals surface area contributed by atoms with Gasteiger partial charge in [0.05, 0.1) is 16.9 Å². The molecule has 0 unspecified atom stereocenters. The summed E-state index contributed by atoms with van der Waals surface area (Å²) in [6, 6.07) is 8.20. The van der Waals surface area contributed by atoms with Crippen molar-refractivity contribution in [1.29, 1.82) is 5.26 Å². The van der Waals surface area contributed by atoms with Gasteiger partial charge in [-0.05, 0) is 32.4 Å². The first-order valence-electron chi connectivity index (χ1n) is 6.67. The molecule has 0 aliphatic carbocycles. The Bertz CT molecular complexity index is 418. The third kappa shape index (κ3) is 3.40. The first-order valence-corrected chi connectivity index (χ1v) is 6.67. The van der Waals surface area contributed by atoms with Crippen LogP contribution in [0.25, 0.3) is 0 Å². The maximum atomic E-state index is 9.03. The van der Waals surface area contributed by atoms with Crippen LogP contribution in [0.1, 0.15) is 45.6 Å². The smallest absolute Gasteiger partial charge is 0.101 e. The van der Waals surface area contributed by atoms with Gasteiger partial charge in [0.25, 0.3) is 0 Å². The molecule has 0 aliphatic rings. The minimum absolute atomic E-state index is 0.387. The van der Waals surface area contributed by atoms with E-state index in [2.05, 4.69) is 31.7 Å². The van der Waals surface area contributed by atoms with Gasteiger partial charge in [-0.2, -0.15) is 5.26 Å². The average molecular weight is 245 g/mol. The third-order valence-corrected chi connectivity index (χ3v) is 3.14. The van der Waals surface area contributed by atoms with Crippen molar-refractivity contribution >= 4 is 11.4 Å². The zero-order valence-electron chi connectivity index (χ0n) is 11.6. The Morgan fingerprint density at radius 1 is 1.33 bits per heavy atom. The lowest BCUT2D eigenvalue weighted by molar-refractivity contribution is 0.626. The van der Waals surface area contributed by atoms with Gasteiger partial charge in [-0.15, -0.1) is 0 Å². The number of para-hydroxylation sites is 1. The molecule has 0 radical (unpaired) electrons. The lowest BCUT2D eigenvalue weighted by atomic mass is 10.1. The second-order valence-electron chi connectivity index (χ2n) is 4.84. The summed E-state index contributed by atoms with van der Waals surface area (Å²) in [6.07, 6.45) is 3.59. The molecule has 1 rings (SSSR count). The first kappa shape index (κ1) is 14.4. The summed E-state index contributed by atoms with van der Waals surface area (Å²) >= 11 is 0. The highest BCUT2D eigenvalue weighted by molar-refractivity contribution is 5.74. The van der Waals surface area contributed by atoms with E-state index in [1.807, 2.05) is 12.1 Å². The molecule has 2 N–H and O–H groups in total. The van der Waals surface area contributed by atoms with Gasteiger partial charge < -0.3 is 10.6 Å². The van der Waals surface area contributed by atoms with Crippen molar-refractivity contribution < 1.29 is 0 Å². The van der Waals surface area contributed by atoms with Crippen LogP contribution in [0, 0.1) is 11.3 Å². The van der Waals surface area contributed by atoms with E-state index in [1.54, 1.807) is 6.07 Å². The molecule has 0 aromatic heterocycles. The lowest BCUT2D eigenvalue weighted by Gasteiger charge is -2.30. The second-order valence-corrected chi connectivity index (χ2v) is 4.84. The number of rotatable bonds is 6. The number of nitrogens with zero attached hydrogens (tertiary/aromatic N) is 2. The highest BCUT2D eigenvalue weighted by Crippen LogP contribution is 2.28. The molecule has 0 spiro atoms. The Morgan fingerprint density at radius 3 is 2.61 bits per heavy atom. The van der Waals surface area contributed by atoms with Gasteiger partial charge >= 0.3 is 0 Å². The molecular formula is C15H23N3. The average Bonchev–Trinajstić information content (AvgIpc) is 2.35. The van der Waals surface area contributed by atoms with Crippen LogP contribution in [-0.2, 0) is 0 Å². The van der Waals surface area contributed by atoms with Crippen LogP contribution in [-0.4, -0.2) is 12.6 Å². The molecule has 3 heteroatoms. The molecular weight excluding hydrogens is 222 g/mol. The van der Waals surface area contributed by atoms with Gasteiger partial charge in [-0.3, -0.25) is 0 Å². The van der Waals surface area contributed by atoms with E-state index in [-0.39, 0.29) is 0 Å². The van der Waals surface area contributed by atoms with Crippen molar-refractivity contribution in [3.63, 3.8) is 0 Å². The molecule has 0 aliphatic heterocycles. The van der Waals surface area contributed by atoms with E-state index in [0.717, 1.165) is 18.7 Å². The molecule has 0 fully saturated rings. The van der Waals surface area contributed by atoms with Crippen LogP contribution >= 0.6 is 0 Å². The van der Waals surface area contributed by atoms with E-state index in [9.17, 15) is 0 Å². The van der Waals surface area contributed by atoms with Crippen LogP contribution in [0.4, 0.5) is 11.4 Å². The van der Waals surface area contributed by atoms with Crippen molar-refractivity contribution in [2.45, 2.75) is 46.1 Å². The topological polar surface area (TPSA) is 53.0 Å². The molecule has 0 amide bonds. The highest BCUT2D eigenvalue weighted by atomic mass is 15.2. The summed E-state index contributed by atoms with van der Waals surface area (Å²) in [5.41, 5.74) is 8.22. The van der Waals surface area contributed by atoms with Crippen LogP contribution in [0.3, 0.4) is 0 Å². The molecule has 0 heterocycles. The Balaban J connectivity index is 2.96. The number of anilines is 2. The van der Waals surface area contributed by atoms with E-state index in [1.165, 1.54) is 12.8 Å². The van der Waals surface area contributed by atoms with Gasteiger partial charge in [-0.1, -0.05) is 25.8 Å². The number of benzene rings is 1. The molecule has 0 saturated heterocycles. The minimum Gasteiger partial charge on any atom is -0.396 e. The van der Waals surface area contributed by atoms with Crippen LogP contribution in [0.5, 0.6) is 0 Å².